The Balaban J connectivity index is 0.000000220. The van der Waals surface area contributed by atoms with Crippen LogP contribution in [0.4, 0.5) is 0 Å². The van der Waals surface area contributed by atoms with Gasteiger partial charge < -0.3 is 5.11 Å². The number of nitrogens with zero attached hydrogens (tertiary/aromatic N) is 2. The molecule has 2 heterocycles. The van der Waals surface area contributed by atoms with Gasteiger partial charge in [-0.15, -0.1) is 35.1 Å². The Morgan fingerprint density at radius 1 is 0.955 bits per heavy atom. The molecule has 22 heavy (non-hydrogen) atoms. The van der Waals surface area contributed by atoms with Gasteiger partial charge in [-0.05, 0) is 29.2 Å². The number of thioether (sulfide) groups is 2. The highest BCUT2D eigenvalue weighted by Crippen LogP contribution is 2.20. The molecule has 0 bridgehead atoms. The Morgan fingerprint density at radius 3 is 1.91 bits per heavy atom. The lowest BCUT2D eigenvalue weighted by Crippen LogP contribution is -1.89. The Labute approximate surface area is 145 Å². The standard InChI is InChI=1S/C8H10ClNS.C8H11NOS/c1-2-11-8-7(6-9)4-3-5-10-8;1-2-11-8-7(6-10)4-3-5-9-8/h3-5H,2,6H2,1H3;3-5,10H,2,6H2,1H3. The molecule has 1 N–H and O–H groups in total. The molecule has 3 nitrogen and oxygen atoms in total. The summed E-state index contributed by atoms with van der Waals surface area (Å²) in [7, 11) is 0. The predicted octanol–water partition coefficient (Wildman–Crippen LogP) is 4.62. The fraction of sp³-hybridized carbons (Fsp3) is 0.375. The molecular weight excluding hydrogens is 336 g/mol. The second-order valence-corrected chi connectivity index (χ2v) is 6.87. The Kier molecular flexibility index (Phi) is 10.3. The van der Waals surface area contributed by atoms with E-state index in [1.54, 1.807) is 35.9 Å². The molecule has 0 amide bonds. The molecule has 0 atom stereocenters. The third kappa shape index (κ3) is 6.57. The van der Waals surface area contributed by atoms with Gasteiger partial charge in [0.2, 0.25) is 0 Å². The summed E-state index contributed by atoms with van der Waals surface area (Å²) in [5, 5.41) is 10.9. The summed E-state index contributed by atoms with van der Waals surface area (Å²) in [5.74, 6) is 2.58. The highest BCUT2D eigenvalue weighted by Gasteiger charge is 2.00. The topological polar surface area (TPSA) is 46.0 Å². The highest BCUT2D eigenvalue weighted by atomic mass is 35.5. The van der Waals surface area contributed by atoms with Crippen molar-refractivity contribution in [2.75, 3.05) is 11.5 Å². The summed E-state index contributed by atoms with van der Waals surface area (Å²) in [6, 6.07) is 7.66. The number of alkyl halides is 1. The second-order valence-electron chi connectivity index (χ2n) is 4.09. The zero-order chi connectivity index (χ0) is 16.2. The van der Waals surface area contributed by atoms with Crippen molar-refractivity contribution in [1.29, 1.82) is 0 Å². The number of rotatable bonds is 6. The normalized spacial score (nSPS) is 10.0. The molecule has 2 aromatic heterocycles. The summed E-state index contributed by atoms with van der Waals surface area (Å²) < 4.78 is 0. The van der Waals surface area contributed by atoms with E-state index in [-0.39, 0.29) is 6.61 Å². The highest BCUT2D eigenvalue weighted by molar-refractivity contribution is 7.99. The molecule has 0 radical (unpaired) electrons. The number of aliphatic hydroxyl groups excluding tert-OH is 1. The first-order valence-electron chi connectivity index (χ1n) is 7.06. The average Bonchev–Trinajstić information content (AvgIpc) is 2.57. The zero-order valence-electron chi connectivity index (χ0n) is 12.8. The number of aromatic nitrogens is 2. The first-order chi connectivity index (χ1) is 10.8. The van der Waals surface area contributed by atoms with E-state index in [9.17, 15) is 0 Å². The van der Waals surface area contributed by atoms with Crippen molar-refractivity contribution in [3.05, 3.63) is 47.8 Å². The van der Waals surface area contributed by atoms with Crippen LogP contribution >= 0.6 is 35.1 Å². The van der Waals surface area contributed by atoms with Crippen molar-refractivity contribution in [2.45, 2.75) is 36.4 Å². The molecule has 0 aliphatic carbocycles. The van der Waals surface area contributed by atoms with Gasteiger partial charge in [-0.2, -0.15) is 0 Å². The molecule has 0 unspecified atom stereocenters. The van der Waals surface area contributed by atoms with Gasteiger partial charge >= 0.3 is 0 Å². The van der Waals surface area contributed by atoms with E-state index in [4.69, 9.17) is 16.7 Å². The van der Waals surface area contributed by atoms with Gasteiger partial charge in [0.1, 0.15) is 10.1 Å². The molecule has 0 aliphatic rings. The summed E-state index contributed by atoms with van der Waals surface area (Å²) in [4.78, 5) is 8.36. The molecule has 0 aromatic carbocycles. The van der Waals surface area contributed by atoms with Gasteiger partial charge in [0, 0.05) is 18.0 Å². The lowest BCUT2D eigenvalue weighted by atomic mass is 10.3. The van der Waals surface area contributed by atoms with Crippen LogP contribution in [0.2, 0.25) is 0 Å². The minimum absolute atomic E-state index is 0.0795. The van der Waals surface area contributed by atoms with Crippen LogP contribution in [-0.2, 0) is 12.5 Å². The van der Waals surface area contributed by atoms with Crippen LogP contribution in [0.25, 0.3) is 0 Å². The lowest BCUT2D eigenvalue weighted by molar-refractivity contribution is 0.278. The van der Waals surface area contributed by atoms with Crippen LogP contribution in [0.3, 0.4) is 0 Å². The van der Waals surface area contributed by atoms with E-state index >= 15 is 0 Å². The summed E-state index contributed by atoms with van der Waals surface area (Å²) in [5.41, 5.74) is 2.04. The molecular formula is C16H21ClN2OS2. The Bertz CT molecular complexity index is 506. The van der Waals surface area contributed by atoms with Crippen LogP contribution < -0.4 is 0 Å². The SMILES string of the molecule is CCSc1ncccc1CCl.CCSc1ncccc1CO. The largest absolute Gasteiger partial charge is 0.392 e. The van der Waals surface area contributed by atoms with E-state index < -0.39 is 0 Å². The number of halogens is 1. The van der Waals surface area contributed by atoms with Crippen LogP contribution in [0.15, 0.2) is 46.7 Å². The number of pyridine rings is 2. The fourth-order valence-corrected chi connectivity index (χ4v) is 3.36. The minimum Gasteiger partial charge on any atom is -0.392 e. The second kappa shape index (κ2) is 11.8. The third-order valence-corrected chi connectivity index (χ3v) is 4.72. The number of hydrogen-bond donors (Lipinski definition) is 1. The van der Waals surface area contributed by atoms with E-state index in [0.29, 0.717) is 5.88 Å². The van der Waals surface area contributed by atoms with Crippen molar-refractivity contribution in [3.63, 3.8) is 0 Å². The van der Waals surface area contributed by atoms with Gasteiger partial charge in [0.25, 0.3) is 0 Å². The quantitative estimate of drug-likeness (QED) is 0.604. The predicted molar refractivity (Wildman–Crippen MR) is 96.7 cm³/mol. The van der Waals surface area contributed by atoms with E-state index in [2.05, 4.69) is 23.8 Å². The van der Waals surface area contributed by atoms with Crippen LogP contribution in [0, 0.1) is 0 Å². The minimum atomic E-state index is 0.0795. The van der Waals surface area contributed by atoms with Gasteiger partial charge in [-0.1, -0.05) is 26.0 Å². The van der Waals surface area contributed by atoms with Gasteiger partial charge in [0.15, 0.2) is 0 Å². The smallest absolute Gasteiger partial charge is 0.101 e. The summed E-state index contributed by atoms with van der Waals surface area (Å²) >= 11 is 9.10. The van der Waals surface area contributed by atoms with Crippen molar-refractivity contribution >= 4 is 35.1 Å². The fourth-order valence-electron chi connectivity index (χ4n) is 1.60. The van der Waals surface area contributed by atoms with Crippen molar-refractivity contribution < 1.29 is 5.11 Å². The maximum atomic E-state index is 8.89. The zero-order valence-corrected chi connectivity index (χ0v) is 15.2. The molecule has 0 spiro atoms. The van der Waals surface area contributed by atoms with E-state index in [1.807, 2.05) is 24.3 Å². The van der Waals surface area contributed by atoms with Gasteiger partial charge in [-0.25, -0.2) is 9.97 Å². The third-order valence-electron chi connectivity index (χ3n) is 2.58. The average molecular weight is 357 g/mol. The van der Waals surface area contributed by atoms with Crippen LogP contribution in [-0.4, -0.2) is 26.6 Å². The molecule has 120 valence electrons. The maximum Gasteiger partial charge on any atom is 0.101 e. The molecule has 0 aliphatic heterocycles. The Morgan fingerprint density at radius 2 is 1.45 bits per heavy atom. The monoisotopic (exact) mass is 356 g/mol. The van der Waals surface area contributed by atoms with Crippen molar-refractivity contribution in [2.24, 2.45) is 0 Å². The molecule has 2 aromatic rings. The van der Waals surface area contributed by atoms with Crippen LogP contribution in [0.1, 0.15) is 25.0 Å². The van der Waals surface area contributed by atoms with Crippen molar-refractivity contribution in [3.8, 4) is 0 Å². The van der Waals surface area contributed by atoms with Gasteiger partial charge in [-0.3, -0.25) is 0 Å². The molecule has 0 fully saturated rings. The number of aliphatic hydroxyl groups is 1. The molecule has 6 heteroatoms. The molecule has 0 saturated carbocycles. The van der Waals surface area contributed by atoms with E-state index in [0.717, 1.165) is 32.7 Å². The first-order valence-corrected chi connectivity index (χ1v) is 9.57. The van der Waals surface area contributed by atoms with Crippen LogP contribution in [0.5, 0.6) is 0 Å². The van der Waals surface area contributed by atoms with E-state index in [1.165, 1.54) is 0 Å². The lowest BCUT2D eigenvalue weighted by Gasteiger charge is -2.02. The number of hydrogen-bond acceptors (Lipinski definition) is 5. The Hall–Kier alpha value is -0.750. The molecule has 0 saturated heterocycles. The van der Waals surface area contributed by atoms with Gasteiger partial charge in [0.05, 0.1) is 12.5 Å². The first kappa shape index (κ1) is 19.3. The van der Waals surface area contributed by atoms with Crippen molar-refractivity contribution in [1.82, 2.24) is 9.97 Å². The summed E-state index contributed by atoms with van der Waals surface area (Å²) in [6.07, 6.45) is 3.55. The maximum absolute atomic E-state index is 8.89. The molecule has 2 rings (SSSR count). The summed E-state index contributed by atoms with van der Waals surface area (Å²) in [6.45, 7) is 4.26.